The highest BCUT2D eigenvalue weighted by atomic mass is 16.5. The summed E-state index contributed by atoms with van der Waals surface area (Å²) < 4.78 is 10.4. The van der Waals surface area contributed by atoms with Gasteiger partial charge in [0.15, 0.2) is 11.5 Å². The second kappa shape index (κ2) is 10.1. The first-order valence-corrected chi connectivity index (χ1v) is 9.56. The number of methoxy groups -OCH3 is 2. The molecular formula is C23H23N3O5. The second-order valence-electron chi connectivity index (χ2n) is 6.61. The highest BCUT2D eigenvalue weighted by Gasteiger charge is 2.12. The van der Waals surface area contributed by atoms with E-state index in [0.717, 1.165) is 16.3 Å². The zero-order valence-electron chi connectivity index (χ0n) is 17.2. The summed E-state index contributed by atoms with van der Waals surface area (Å²) in [5, 5.41) is 18.1. The number of nitrogens with one attached hydrogen (secondary N) is 2. The van der Waals surface area contributed by atoms with E-state index in [4.69, 9.17) is 9.47 Å². The number of hydrazone groups is 1. The first-order chi connectivity index (χ1) is 15.0. The van der Waals surface area contributed by atoms with Gasteiger partial charge in [0.05, 0.1) is 20.4 Å². The van der Waals surface area contributed by atoms with Crippen LogP contribution in [0.1, 0.15) is 11.1 Å². The molecular weight excluding hydrogens is 398 g/mol. The molecule has 0 saturated carbocycles. The molecule has 0 spiro atoms. The number of fused-ring (bicyclic) bond motifs is 1. The summed E-state index contributed by atoms with van der Waals surface area (Å²) in [6.07, 6.45) is 1.82. The molecule has 0 radical (unpaired) electrons. The van der Waals surface area contributed by atoms with Crippen molar-refractivity contribution in [3.63, 3.8) is 0 Å². The molecule has 3 aromatic carbocycles. The third-order valence-corrected chi connectivity index (χ3v) is 4.66. The van der Waals surface area contributed by atoms with E-state index in [2.05, 4.69) is 15.8 Å². The third kappa shape index (κ3) is 5.30. The minimum Gasteiger partial charge on any atom is -0.507 e. The van der Waals surface area contributed by atoms with Crippen LogP contribution in [-0.2, 0) is 16.0 Å². The summed E-state index contributed by atoms with van der Waals surface area (Å²) >= 11 is 0. The first kappa shape index (κ1) is 21.6. The van der Waals surface area contributed by atoms with E-state index >= 15 is 0 Å². The van der Waals surface area contributed by atoms with Gasteiger partial charge in [0.1, 0.15) is 5.75 Å². The van der Waals surface area contributed by atoms with Gasteiger partial charge >= 0.3 is 11.8 Å². The average molecular weight is 421 g/mol. The van der Waals surface area contributed by atoms with Gasteiger partial charge in [0, 0.05) is 12.1 Å². The van der Waals surface area contributed by atoms with Crippen LogP contribution in [0.2, 0.25) is 0 Å². The third-order valence-electron chi connectivity index (χ3n) is 4.66. The lowest BCUT2D eigenvalue weighted by Gasteiger charge is -2.10. The van der Waals surface area contributed by atoms with E-state index in [9.17, 15) is 14.7 Å². The number of hydrogen-bond donors (Lipinski definition) is 3. The maximum absolute atomic E-state index is 12.0. The fraction of sp³-hybridized carbons (Fsp3) is 0.174. The molecule has 3 aromatic rings. The maximum Gasteiger partial charge on any atom is 0.329 e. The Labute approximate surface area is 179 Å². The number of rotatable bonds is 7. The van der Waals surface area contributed by atoms with Crippen molar-refractivity contribution in [1.29, 1.82) is 0 Å². The number of nitrogens with zero attached hydrogens (tertiary/aromatic N) is 1. The zero-order chi connectivity index (χ0) is 22.2. The number of amides is 2. The summed E-state index contributed by atoms with van der Waals surface area (Å²) in [5.74, 6) is -0.473. The normalized spacial score (nSPS) is 10.8. The predicted octanol–water partition coefficient (Wildman–Crippen LogP) is 2.37. The summed E-state index contributed by atoms with van der Waals surface area (Å²) in [6, 6.07) is 16.2. The minimum atomic E-state index is -0.900. The highest BCUT2D eigenvalue weighted by molar-refractivity contribution is 6.35. The molecule has 0 aliphatic carbocycles. The van der Waals surface area contributed by atoms with Crippen molar-refractivity contribution in [1.82, 2.24) is 10.7 Å². The Bertz CT molecular complexity index is 1130. The number of carbonyl (C=O) groups is 2. The van der Waals surface area contributed by atoms with Gasteiger partial charge in [-0.2, -0.15) is 5.10 Å². The Hall–Kier alpha value is -4.07. The van der Waals surface area contributed by atoms with Crippen molar-refractivity contribution < 1.29 is 24.2 Å². The van der Waals surface area contributed by atoms with Crippen LogP contribution in [0.5, 0.6) is 17.2 Å². The lowest BCUT2D eigenvalue weighted by atomic mass is 10.0. The summed E-state index contributed by atoms with van der Waals surface area (Å²) in [4.78, 5) is 24.0. The van der Waals surface area contributed by atoms with Gasteiger partial charge in [0.25, 0.3) is 0 Å². The van der Waals surface area contributed by atoms with E-state index in [1.165, 1.54) is 6.21 Å². The quantitative estimate of drug-likeness (QED) is 0.308. The lowest BCUT2D eigenvalue weighted by molar-refractivity contribution is -0.139. The Balaban J connectivity index is 1.54. The topological polar surface area (TPSA) is 109 Å². The molecule has 0 bridgehead atoms. The second-order valence-corrected chi connectivity index (χ2v) is 6.61. The standard InChI is InChI=1S/C23H23N3O5/c1-30-20-10-7-15(13-21(20)31-2)11-12-24-22(28)23(29)26-25-14-18-17-6-4-3-5-16(17)8-9-19(18)27/h3-10,13-14,27H,11-12H2,1-2H3,(H,24,28)(H,26,29)/b25-14-. The Morgan fingerprint density at radius 1 is 1.00 bits per heavy atom. The monoisotopic (exact) mass is 421 g/mol. The van der Waals surface area contributed by atoms with Gasteiger partial charge in [-0.3, -0.25) is 9.59 Å². The zero-order valence-corrected chi connectivity index (χ0v) is 17.2. The number of carbonyl (C=O) groups excluding carboxylic acids is 2. The molecule has 0 saturated heterocycles. The predicted molar refractivity (Wildman–Crippen MR) is 118 cm³/mol. The highest BCUT2D eigenvalue weighted by Crippen LogP contribution is 2.27. The Morgan fingerprint density at radius 3 is 2.55 bits per heavy atom. The fourth-order valence-electron chi connectivity index (χ4n) is 3.06. The molecule has 2 amide bonds. The van der Waals surface area contributed by atoms with Gasteiger partial charge in [-0.05, 0) is 41.0 Å². The van der Waals surface area contributed by atoms with Crippen LogP contribution in [-0.4, -0.2) is 43.9 Å². The van der Waals surface area contributed by atoms with Crippen molar-refractivity contribution in [3.05, 3.63) is 65.7 Å². The van der Waals surface area contributed by atoms with Gasteiger partial charge < -0.3 is 19.9 Å². The molecule has 3 N–H and O–H groups in total. The molecule has 0 unspecified atom stereocenters. The molecule has 0 heterocycles. The minimum absolute atomic E-state index is 0.0241. The van der Waals surface area contributed by atoms with Gasteiger partial charge in [-0.25, -0.2) is 5.43 Å². The van der Waals surface area contributed by atoms with E-state index in [1.807, 2.05) is 36.4 Å². The van der Waals surface area contributed by atoms with Crippen molar-refractivity contribution in [2.75, 3.05) is 20.8 Å². The van der Waals surface area contributed by atoms with Gasteiger partial charge in [-0.15, -0.1) is 0 Å². The van der Waals surface area contributed by atoms with Crippen molar-refractivity contribution >= 4 is 28.8 Å². The molecule has 0 fully saturated rings. The SMILES string of the molecule is COc1ccc(CCNC(=O)C(=O)N/N=C\c2c(O)ccc3ccccc23)cc1OC. The van der Waals surface area contributed by atoms with Crippen LogP contribution in [0.4, 0.5) is 0 Å². The van der Waals surface area contributed by atoms with Crippen LogP contribution in [0.25, 0.3) is 10.8 Å². The molecule has 0 atom stereocenters. The number of hydrogen-bond acceptors (Lipinski definition) is 6. The number of phenols is 1. The number of phenolic OH excluding ortho intramolecular Hbond substituents is 1. The fourth-order valence-corrected chi connectivity index (χ4v) is 3.06. The Morgan fingerprint density at radius 2 is 1.77 bits per heavy atom. The van der Waals surface area contributed by atoms with Crippen molar-refractivity contribution in [2.45, 2.75) is 6.42 Å². The molecule has 31 heavy (non-hydrogen) atoms. The van der Waals surface area contributed by atoms with Gasteiger partial charge in [-0.1, -0.05) is 36.4 Å². The molecule has 8 nitrogen and oxygen atoms in total. The molecule has 0 aliphatic rings. The van der Waals surface area contributed by atoms with Crippen LogP contribution in [0.3, 0.4) is 0 Å². The first-order valence-electron chi connectivity index (χ1n) is 9.56. The average Bonchev–Trinajstić information content (AvgIpc) is 2.80. The van der Waals surface area contributed by atoms with Gasteiger partial charge in [0.2, 0.25) is 0 Å². The Kier molecular flexibility index (Phi) is 7.05. The number of aromatic hydroxyl groups is 1. The number of ether oxygens (including phenoxy) is 2. The van der Waals surface area contributed by atoms with E-state index in [0.29, 0.717) is 23.5 Å². The molecule has 8 heteroatoms. The molecule has 160 valence electrons. The van der Waals surface area contributed by atoms with E-state index in [1.54, 1.807) is 32.4 Å². The lowest BCUT2D eigenvalue weighted by Crippen LogP contribution is -2.38. The largest absolute Gasteiger partial charge is 0.507 e. The molecule has 0 aromatic heterocycles. The van der Waals surface area contributed by atoms with Crippen LogP contribution in [0.15, 0.2) is 59.7 Å². The summed E-state index contributed by atoms with van der Waals surface area (Å²) in [7, 11) is 3.10. The van der Waals surface area contributed by atoms with Crippen LogP contribution >= 0.6 is 0 Å². The van der Waals surface area contributed by atoms with Crippen molar-refractivity contribution in [2.24, 2.45) is 5.10 Å². The molecule has 3 rings (SSSR count). The number of benzene rings is 3. The van der Waals surface area contributed by atoms with Crippen LogP contribution in [0, 0.1) is 0 Å². The van der Waals surface area contributed by atoms with E-state index < -0.39 is 11.8 Å². The summed E-state index contributed by atoms with van der Waals surface area (Å²) in [5.41, 5.74) is 3.55. The maximum atomic E-state index is 12.0. The van der Waals surface area contributed by atoms with Crippen LogP contribution < -0.4 is 20.2 Å². The molecule has 0 aliphatic heterocycles. The van der Waals surface area contributed by atoms with E-state index in [-0.39, 0.29) is 12.3 Å². The van der Waals surface area contributed by atoms with Crippen molar-refractivity contribution in [3.8, 4) is 17.2 Å². The smallest absolute Gasteiger partial charge is 0.329 e. The summed E-state index contributed by atoms with van der Waals surface area (Å²) in [6.45, 7) is 0.259.